The van der Waals surface area contributed by atoms with Gasteiger partial charge in [-0.05, 0) is 65.2 Å². The van der Waals surface area contributed by atoms with Crippen LogP contribution in [0.3, 0.4) is 0 Å². The Morgan fingerprint density at radius 3 is 2.52 bits per heavy atom. The van der Waals surface area contributed by atoms with E-state index in [1.54, 1.807) is 72.8 Å². The molecular weight excluding hydrogens is 698 g/mol. The molecule has 0 saturated carbocycles. The molecule has 14 heteroatoms. The summed E-state index contributed by atoms with van der Waals surface area (Å²) >= 11 is 3.55. The van der Waals surface area contributed by atoms with E-state index in [9.17, 15) is 27.9 Å². The molecule has 1 heterocycles. The molecule has 0 radical (unpaired) electrons. The van der Waals surface area contributed by atoms with Crippen molar-refractivity contribution in [1.29, 1.82) is 0 Å². The van der Waals surface area contributed by atoms with Crippen molar-refractivity contribution in [3.63, 3.8) is 0 Å². The van der Waals surface area contributed by atoms with Crippen LogP contribution in [-0.2, 0) is 28.7 Å². The third-order valence-corrected chi connectivity index (χ3v) is 8.28. The summed E-state index contributed by atoms with van der Waals surface area (Å²) in [6.07, 6.45) is -5.58. The smallest absolute Gasteiger partial charge is 0.416 e. The molecule has 0 spiro atoms. The summed E-state index contributed by atoms with van der Waals surface area (Å²) in [5.41, 5.74) is 7.86. The molecule has 5 rings (SSSR count). The molecule has 0 aliphatic carbocycles. The van der Waals surface area contributed by atoms with Gasteiger partial charge in [-0.2, -0.15) is 13.2 Å². The minimum atomic E-state index is -4.80. The van der Waals surface area contributed by atoms with Crippen LogP contribution in [-0.4, -0.2) is 35.7 Å². The predicted molar refractivity (Wildman–Crippen MR) is 173 cm³/mol. The molecule has 1 aliphatic heterocycles. The van der Waals surface area contributed by atoms with E-state index in [2.05, 4.69) is 31.3 Å². The lowest BCUT2D eigenvalue weighted by atomic mass is 9.81. The van der Waals surface area contributed by atoms with Crippen LogP contribution < -0.4 is 10.1 Å². The Bertz CT molecular complexity index is 1870. The van der Waals surface area contributed by atoms with Gasteiger partial charge in [-0.1, -0.05) is 63.5 Å². The Morgan fingerprint density at radius 1 is 1.08 bits per heavy atom. The first-order valence-electron chi connectivity index (χ1n) is 14.7. The zero-order chi connectivity index (χ0) is 34.3. The summed E-state index contributed by atoms with van der Waals surface area (Å²) in [5, 5.41) is 15.5. The van der Waals surface area contributed by atoms with Crippen LogP contribution in [0.1, 0.15) is 40.3 Å². The average Bonchev–Trinajstić information content (AvgIpc) is 3.44. The van der Waals surface area contributed by atoms with Crippen LogP contribution in [0, 0.1) is 5.82 Å². The Kier molecular flexibility index (Phi) is 10.7. The first-order valence-corrected chi connectivity index (χ1v) is 15.5. The van der Waals surface area contributed by atoms with E-state index in [4.69, 9.17) is 19.6 Å². The number of amides is 1. The predicted octanol–water partition coefficient (Wildman–Crippen LogP) is 8.13. The van der Waals surface area contributed by atoms with E-state index >= 15 is 0 Å². The molecule has 0 fully saturated rings. The molecule has 0 unspecified atom stereocenters. The number of rotatable bonds is 12. The molecule has 4 aromatic rings. The number of nitrogens with one attached hydrogen (secondary N) is 1. The van der Waals surface area contributed by atoms with Crippen molar-refractivity contribution >= 4 is 33.4 Å². The van der Waals surface area contributed by atoms with Crippen LogP contribution in [0.2, 0.25) is 0 Å². The quantitative estimate of drug-likeness (QED) is 0.0502. The number of aliphatic hydroxyl groups is 1. The number of benzene rings is 4. The number of ether oxygens (including phenoxy) is 2. The maximum atomic E-state index is 14.5. The summed E-state index contributed by atoms with van der Waals surface area (Å²) in [5.74, 6) is -1.20. The molecule has 248 valence electrons. The lowest BCUT2D eigenvalue weighted by Crippen LogP contribution is -2.49. The topological polar surface area (TPSA) is 129 Å². The number of azide groups is 1. The number of nitrogens with zero attached hydrogens (tertiary/aromatic N) is 4. The first-order chi connectivity index (χ1) is 23.0. The molecule has 1 aliphatic rings. The number of hydrogen-bond donors (Lipinski definition) is 2. The largest absolute Gasteiger partial charge is 0.494 e. The Balaban J connectivity index is 1.61. The van der Waals surface area contributed by atoms with E-state index in [1.165, 1.54) is 0 Å². The second-order valence-electron chi connectivity index (χ2n) is 10.8. The monoisotopic (exact) mass is 725 g/mol. The zero-order valence-electron chi connectivity index (χ0n) is 25.1. The van der Waals surface area contributed by atoms with Gasteiger partial charge in [0.15, 0.2) is 11.6 Å². The average molecular weight is 727 g/mol. The van der Waals surface area contributed by atoms with E-state index < -0.39 is 41.7 Å². The molecule has 0 bridgehead atoms. The number of hydrogen-bond acceptors (Lipinski definition) is 6. The number of halogens is 5. The van der Waals surface area contributed by atoms with Gasteiger partial charge in [0, 0.05) is 52.2 Å². The van der Waals surface area contributed by atoms with Gasteiger partial charge in [0.1, 0.15) is 11.6 Å². The normalized spacial score (nSPS) is 17.2. The third-order valence-electron chi connectivity index (χ3n) is 7.56. The molecule has 48 heavy (non-hydrogen) atoms. The van der Waals surface area contributed by atoms with E-state index in [0.717, 1.165) is 12.1 Å². The van der Waals surface area contributed by atoms with Gasteiger partial charge in [0.05, 0.1) is 12.2 Å². The molecule has 0 saturated heterocycles. The van der Waals surface area contributed by atoms with E-state index in [0.29, 0.717) is 46.0 Å². The van der Waals surface area contributed by atoms with E-state index in [-0.39, 0.29) is 30.2 Å². The van der Waals surface area contributed by atoms with Crippen molar-refractivity contribution in [3.8, 4) is 5.75 Å². The van der Waals surface area contributed by atoms with Gasteiger partial charge in [-0.15, -0.1) is 0 Å². The summed E-state index contributed by atoms with van der Waals surface area (Å²) in [7, 11) is 0. The highest BCUT2D eigenvalue weighted by Crippen LogP contribution is 2.45. The third kappa shape index (κ3) is 7.79. The number of aliphatic hydroxyl groups excluding tert-OH is 1. The Hall–Kier alpha value is -4.91. The molecule has 1 amide bonds. The van der Waals surface area contributed by atoms with Crippen LogP contribution >= 0.6 is 15.9 Å². The Labute approximate surface area is 281 Å². The summed E-state index contributed by atoms with van der Waals surface area (Å²) in [4.78, 5) is 22.3. The summed E-state index contributed by atoms with van der Waals surface area (Å²) < 4.78 is 67.2. The van der Waals surface area contributed by atoms with Crippen LogP contribution in [0.4, 0.5) is 23.2 Å². The highest BCUT2D eigenvalue weighted by atomic mass is 79.9. The highest BCUT2D eigenvalue weighted by molar-refractivity contribution is 9.10. The molecule has 0 aromatic heterocycles. The van der Waals surface area contributed by atoms with Crippen LogP contribution in [0.15, 0.2) is 106 Å². The number of alkyl halides is 3. The van der Waals surface area contributed by atoms with Gasteiger partial charge in [-0.25, -0.2) is 9.38 Å². The summed E-state index contributed by atoms with van der Waals surface area (Å²) in [6.45, 7) is -0.164. The second kappa shape index (κ2) is 14.9. The first kappa shape index (κ1) is 34.4. The van der Waals surface area contributed by atoms with Gasteiger partial charge < -0.3 is 19.9 Å². The van der Waals surface area contributed by atoms with Crippen LogP contribution in [0.5, 0.6) is 5.75 Å². The Morgan fingerprint density at radius 2 is 1.81 bits per heavy atom. The SMILES string of the molecule is [N-]=[N+]=Nc1ccccc1C[C@@]1(C(=O)NCc2cc(F)cc(C(F)(F)F)c2)N=C(c2ccc(OCCCO)cc2)O[C@@H]1c1ccccc1Br. The highest BCUT2D eigenvalue weighted by Gasteiger charge is 2.54. The van der Waals surface area contributed by atoms with Crippen molar-refractivity contribution in [1.82, 2.24) is 5.32 Å². The fourth-order valence-corrected chi connectivity index (χ4v) is 5.79. The summed E-state index contributed by atoms with van der Waals surface area (Å²) in [6, 6.07) is 22.5. The standard InChI is InChI=1S/C34H28BrF4N5O4/c35-28-8-3-2-7-27(28)30-33(19-23-6-1-4-9-29(23)43-44-40,32(46)41-20-21-16-24(34(37,38)39)18-25(36)17-21)42-31(48-30)22-10-12-26(13-11-22)47-15-5-14-45/h1-4,6-13,16-18,30,45H,5,14-15,19-20H2,(H,41,46)/t30-,33-/m1/s1. The molecular formula is C34H28BrF4N5O4. The van der Waals surface area contributed by atoms with Gasteiger partial charge in [0.25, 0.3) is 5.91 Å². The van der Waals surface area contributed by atoms with E-state index in [1.807, 2.05) is 0 Å². The van der Waals surface area contributed by atoms with Crippen molar-refractivity contribution in [2.75, 3.05) is 13.2 Å². The molecule has 2 atom stereocenters. The fraction of sp³-hybridized carbons (Fsp3) is 0.235. The lowest BCUT2D eigenvalue weighted by Gasteiger charge is -2.31. The van der Waals surface area contributed by atoms with Crippen molar-refractivity contribution in [3.05, 3.63) is 140 Å². The van der Waals surface area contributed by atoms with Gasteiger partial charge in [-0.3, -0.25) is 4.79 Å². The van der Waals surface area contributed by atoms with Crippen molar-refractivity contribution in [2.45, 2.75) is 37.2 Å². The zero-order valence-corrected chi connectivity index (χ0v) is 26.7. The van der Waals surface area contributed by atoms with Crippen LogP contribution in [0.25, 0.3) is 10.4 Å². The number of aliphatic imine (C=N–C) groups is 1. The van der Waals surface area contributed by atoms with Gasteiger partial charge in [0.2, 0.25) is 5.90 Å². The maximum absolute atomic E-state index is 14.5. The minimum Gasteiger partial charge on any atom is -0.494 e. The second-order valence-corrected chi connectivity index (χ2v) is 11.7. The maximum Gasteiger partial charge on any atom is 0.416 e. The molecule has 4 aromatic carbocycles. The van der Waals surface area contributed by atoms with Crippen molar-refractivity contribution < 1.29 is 36.9 Å². The minimum absolute atomic E-state index is 0.0190. The van der Waals surface area contributed by atoms with Gasteiger partial charge >= 0.3 is 6.18 Å². The molecule has 2 N–H and O–H groups in total. The lowest BCUT2D eigenvalue weighted by molar-refractivity contribution is -0.137. The number of carbonyl (C=O) groups excluding carboxylic acids is 1. The van der Waals surface area contributed by atoms with Crippen molar-refractivity contribution in [2.24, 2.45) is 10.1 Å². The number of carbonyl (C=O) groups is 1. The fourth-order valence-electron chi connectivity index (χ4n) is 5.29. The molecule has 9 nitrogen and oxygen atoms in total.